The molecule has 6 nitrogen and oxygen atoms in total. The molecule has 0 heterocycles. The minimum atomic E-state index is -1.71. The Kier molecular flexibility index (Phi) is 7.05. The van der Waals surface area contributed by atoms with E-state index in [-0.39, 0.29) is 5.56 Å². The quantitative estimate of drug-likeness (QED) is 0.481. The fourth-order valence-electron chi connectivity index (χ4n) is 2.08. The van der Waals surface area contributed by atoms with E-state index in [9.17, 15) is 27.6 Å². The number of rotatable bonds is 7. The molecular weight excluding hydrogens is 395 g/mol. The Bertz CT molecular complexity index is 924. The molecule has 28 heavy (non-hydrogen) atoms. The molecule has 0 aliphatic rings. The maximum atomic E-state index is 13.6. The summed E-state index contributed by atoms with van der Waals surface area (Å²) in [6, 6.07) is 7.93. The van der Waals surface area contributed by atoms with Gasteiger partial charge in [-0.3, -0.25) is 14.4 Å². The molecule has 4 N–H and O–H groups in total. The summed E-state index contributed by atoms with van der Waals surface area (Å²) in [5, 5.41) is 3.81. The normalized spacial score (nSPS) is 11.6. The molecule has 0 bridgehead atoms. The number of hydrogen-bond donors (Lipinski definition) is 3. The standard InChI is InChI=1S/C18H16F3N3O3S/c1-9(17(22)26)28-13-5-3-2-4-10(13)18(27)23-8-14(25)24-12-7-6-11(19)15(20)16(12)21/h2-7,9H,8H2,1H3,(H2,22,26)(H,23,27)(H,24,25)/t9-/m0/s1. The molecule has 0 saturated carbocycles. The van der Waals surface area contributed by atoms with Crippen LogP contribution < -0.4 is 16.4 Å². The average molecular weight is 411 g/mol. The Morgan fingerprint density at radius 1 is 1.07 bits per heavy atom. The van der Waals surface area contributed by atoms with Gasteiger partial charge in [-0.15, -0.1) is 11.8 Å². The SMILES string of the molecule is C[C@H](Sc1ccccc1C(=O)NCC(=O)Nc1ccc(F)c(F)c1F)C(N)=O. The van der Waals surface area contributed by atoms with Gasteiger partial charge in [0.25, 0.3) is 5.91 Å². The Balaban J connectivity index is 2.02. The van der Waals surface area contributed by atoms with E-state index in [1.807, 2.05) is 5.32 Å². The summed E-state index contributed by atoms with van der Waals surface area (Å²) in [5.74, 6) is -6.64. The highest BCUT2D eigenvalue weighted by molar-refractivity contribution is 8.00. The van der Waals surface area contributed by atoms with Gasteiger partial charge in [0.15, 0.2) is 17.5 Å². The van der Waals surface area contributed by atoms with Crippen LogP contribution >= 0.6 is 11.8 Å². The van der Waals surface area contributed by atoms with E-state index in [2.05, 4.69) is 5.32 Å². The van der Waals surface area contributed by atoms with Gasteiger partial charge in [-0.1, -0.05) is 12.1 Å². The first-order chi connectivity index (χ1) is 13.2. The molecule has 0 unspecified atom stereocenters. The second-order valence-electron chi connectivity index (χ2n) is 5.61. The molecule has 1 atom stereocenters. The van der Waals surface area contributed by atoms with Gasteiger partial charge < -0.3 is 16.4 Å². The molecule has 0 radical (unpaired) electrons. The lowest BCUT2D eigenvalue weighted by molar-refractivity contribution is -0.117. The third kappa shape index (κ3) is 5.26. The smallest absolute Gasteiger partial charge is 0.252 e. The van der Waals surface area contributed by atoms with Crippen LogP contribution in [0.4, 0.5) is 18.9 Å². The number of benzene rings is 2. The van der Waals surface area contributed by atoms with Gasteiger partial charge in [-0.25, -0.2) is 13.2 Å². The number of amides is 3. The average Bonchev–Trinajstić information content (AvgIpc) is 2.67. The molecule has 0 fully saturated rings. The molecule has 2 rings (SSSR count). The molecule has 0 aliphatic heterocycles. The highest BCUT2D eigenvalue weighted by atomic mass is 32.2. The first-order valence-electron chi connectivity index (χ1n) is 7.97. The number of carbonyl (C=O) groups is 3. The van der Waals surface area contributed by atoms with Crippen molar-refractivity contribution in [2.45, 2.75) is 17.1 Å². The van der Waals surface area contributed by atoms with Crippen LogP contribution in [0.3, 0.4) is 0 Å². The number of halogens is 3. The van der Waals surface area contributed by atoms with E-state index >= 15 is 0 Å². The summed E-state index contributed by atoms with van der Waals surface area (Å²) in [4.78, 5) is 35.9. The largest absolute Gasteiger partial charge is 0.369 e. The number of thioether (sulfide) groups is 1. The summed E-state index contributed by atoms with van der Waals surface area (Å²) in [5.41, 5.74) is 4.88. The van der Waals surface area contributed by atoms with Gasteiger partial charge in [0.2, 0.25) is 11.8 Å². The molecule has 0 spiro atoms. The third-order valence-electron chi connectivity index (χ3n) is 3.55. The highest BCUT2D eigenvalue weighted by Gasteiger charge is 2.18. The first kappa shape index (κ1) is 21.3. The molecule has 0 aliphatic carbocycles. The Morgan fingerprint density at radius 3 is 2.43 bits per heavy atom. The molecule has 148 valence electrons. The fourth-order valence-corrected chi connectivity index (χ4v) is 3.02. The zero-order valence-electron chi connectivity index (χ0n) is 14.6. The van der Waals surface area contributed by atoms with Crippen molar-refractivity contribution in [1.29, 1.82) is 0 Å². The van der Waals surface area contributed by atoms with E-state index < -0.39 is 52.7 Å². The van der Waals surface area contributed by atoms with Gasteiger partial charge in [-0.05, 0) is 31.2 Å². The third-order valence-corrected chi connectivity index (χ3v) is 4.75. The van der Waals surface area contributed by atoms with Crippen molar-refractivity contribution >= 4 is 35.2 Å². The number of primary amides is 1. The second-order valence-corrected chi connectivity index (χ2v) is 7.00. The van der Waals surface area contributed by atoms with Crippen molar-refractivity contribution in [2.24, 2.45) is 5.73 Å². The number of anilines is 1. The molecule has 3 amide bonds. The minimum Gasteiger partial charge on any atom is -0.369 e. The predicted molar refractivity (Wildman–Crippen MR) is 98.2 cm³/mol. The molecule has 10 heteroatoms. The van der Waals surface area contributed by atoms with Gasteiger partial charge in [0.1, 0.15) is 0 Å². The Hall–Kier alpha value is -3.01. The molecule has 2 aromatic carbocycles. The minimum absolute atomic E-state index is 0.215. The van der Waals surface area contributed by atoms with Gasteiger partial charge in [0, 0.05) is 4.90 Å². The van der Waals surface area contributed by atoms with Crippen LogP contribution in [0.25, 0.3) is 0 Å². The lowest BCUT2D eigenvalue weighted by Gasteiger charge is -2.12. The van der Waals surface area contributed by atoms with E-state index in [0.29, 0.717) is 11.0 Å². The number of nitrogens with two attached hydrogens (primary N) is 1. The second kappa shape index (κ2) is 9.27. The molecule has 0 saturated heterocycles. The van der Waals surface area contributed by atoms with Crippen molar-refractivity contribution in [2.75, 3.05) is 11.9 Å². The van der Waals surface area contributed by atoms with E-state index in [4.69, 9.17) is 5.73 Å². The highest BCUT2D eigenvalue weighted by Crippen LogP contribution is 2.26. The maximum absolute atomic E-state index is 13.6. The van der Waals surface area contributed by atoms with Crippen LogP contribution in [0.2, 0.25) is 0 Å². The zero-order chi connectivity index (χ0) is 20.8. The molecule has 2 aromatic rings. The molecule has 0 aromatic heterocycles. The zero-order valence-corrected chi connectivity index (χ0v) is 15.4. The number of hydrogen-bond acceptors (Lipinski definition) is 4. The Labute approximate surface area is 162 Å². The van der Waals surface area contributed by atoms with Crippen LogP contribution in [0, 0.1) is 17.5 Å². The van der Waals surface area contributed by atoms with Crippen molar-refractivity contribution in [3.63, 3.8) is 0 Å². The van der Waals surface area contributed by atoms with E-state index in [1.54, 1.807) is 25.1 Å². The molecular formula is C18H16F3N3O3S. The van der Waals surface area contributed by atoms with E-state index in [1.165, 1.54) is 6.07 Å². The van der Waals surface area contributed by atoms with Crippen molar-refractivity contribution < 1.29 is 27.6 Å². The van der Waals surface area contributed by atoms with Crippen LogP contribution in [0.15, 0.2) is 41.3 Å². The predicted octanol–water partition coefficient (Wildman–Crippen LogP) is 2.44. The van der Waals surface area contributed by atoms with Crippen LogP contribution in [0.1, 0.15) is 17.3 Å². The van der Waals surface area contributed by atoms with Crippen molar-refractivity contribution in [3.05, 3.63) is 59.4 Å². The fraction of sp³-hybridized carbons (Fsp3) is 0.167. The van der Waals surface area contributed by atoms with Gasteiger partial charge in [0.05, 0.1) is 23.0 Å². The topological polar surface area (TPSA) is 101 Å². The van der Waals surface area contributed by atoms with Gasteiger partial charge in [-0.2, -0.15) is 0 Å². The lowest BCUT2D eigenvalue weighted by atomic mass is 10.2. The van der Waals surface area contributed by atoms with E-state index in [0.717, 1.165) is 17.8 Å². The summed E-state index contributed by atoms with van der Waals surface area (Å²) in [7, 11) is 0. The lowest BCUT2D eigenvalue weighted by Crippen LogP contribution is -2.33. The van der Waals surface area contributed by atoms with Crippen molar-refractivity contribution in [3.8, 4) is 0 Å². The van der Waals surface area contributed by atoms with Crippen LogP contribution in [-0.2, 0) is 9.59 Å². The summed E-state index contributed by atoms with van der Waals surface area (Å²) in [6.45, 7) is 1.05. The summed E-state index contributed by atoms with van der Waals surface area (Å²) >= 11 is 1.09. The van der Waals surface area contributed by atoms with Crippen molar-refractivity contribution in [1.82, 2.24) is 5.32 Å². The number of carbonyl (C=O) groups excluding carboxylic acids is 3. The van der Waals surface area contributed by atoms with Gasteiger partial charge >= 0.3 is 0 Å². The van der Waals surface area contributed by atoms with Crippen LogP contribution in [0.5, 0.6) is 0 Å². The maximum Gasteiger partial charge on any atom is 0.252 e. The number of nitrogens with one attached hydrogen (secondary N) is 2. The summed E-state index contributed by atoms with van der Waals surface area (Å²) in [6.07, 6.45) is 0. The monoisotopic (exact) mass is 411 g/mol. The summed E-state index contributed by atoms with van der Waals surface area (Å²) < 4.78 is 39.6. The Morgan fingerprint density at radius 2 is 1.75 bits per heavy atom. The van der Waals surface area contributed by atoms with Crippen LogP contribution in [-0.4, -0.2) is 29.5 Å². The first-order valence-corrected chi connectivity index (χ1v) is 8.85.